The predicted octanol–water partition coefficient (Wildman–Crippen LogP) is 8.87. The molecule has 0 radical (unpaired) electrons. The second-order valence-corrected chi connectivity index (χ2v) is 14.2. The number of Topliss-reactive ketones (excluding diaryl/α,β-unsaturated/α-hetero) is 1. The van der Waals surface area contributed by atoms with Crippen molar-refractivity contribution >= 4 is 64.2 Å². The van der Waals surface area contributed by atoms with E-state index in [0.29, 0.717) is 10.6 Å². The lowest BCUT2D eigenvalue weighted by Crippen LogP contribution is -2.44. The van der Waals surface area contributed by atoms with Crippen LogP contribution in [0.2, 0.25) is 15.1 Å². The number of halogens is 3. The Kier molecular flexibility index (Phi) is 12.2. The Morgan fingerprint density at radius 2 is 1.60 bits per heavy atom. The highest BCUT2D eigenvalue weighted by atomic mass is 35.5. The van der Waals surface area contributed by atoms with Crippen molar-refractivity contribution in [2.75, 3.05) is 11.9 Å². The first kappa shape index (κ1) is 36.9. The largest absolute Gasteiger partial charge is 0.461 e. The van der Waals surface area contributed by atoms with Crippen molar-refractivity contribution in [1.82, 2.24) is 10.6 Å². The van der Waals surface area contributed by atoms with Gasteiger partial charge in [0, 0.05) is 18.0 Å². The maximum atomic E-state index is 13.8. The van der Waals surface area contributed by atoms with E-state index in [4.69, 9.17) is 39.5 Å². The van der Waals surface area contributed by atoms with Gasteiger partial charge in [-0.1, -0.05) is 115 Å². The maximum absolute atomic E-state index is 13.8. The number of amides is 3. The Bertz CT molecular complexity index is 1880. The van der Waals surface area contributed by atoms with Crippen LogP contribution in [0.15, 0.2) is 91.0 Å². The van der Waals surface area contributed by atoms with E-state index < -0.39 is 23.7 Å². The van der Waals surface area contributed by atoms with Crippen LogP contribution in [0.5, 0.6) is 0 Å². The first-order valence-electron chi connectivity index (χ1n) is 16.3. The molecule has 0 spiro atoms. The summed E-state index contributed by atoms with van der Waals surface area (Å²) in [5.74, 6) is -2.68. The molecule has 0 fully saturated rings. The third-order valence-electron chi connectivity index (χ3n) is 8.82. The van der Waals surface area contributed by atoms with Gasteiger partial charge in [-0.05, 0) is 64.8 Å². The summed E-state index contributed by atoms with van der Waals surface area (Å²) in [6.07, 6.45) is 1.30. The smallest absolute Gasteiger partial charge is 0.315 e. The fourth-order valence-corrected chi connectivity index (χ4v) is 6.97. The van der Waals surface area contributed by atoms with Crippen LogP contribution < -0.4 is 16.0 Å². The number of esters is 1. The number of hydrogen-bond acceptors (Lipinski definition) is 5. The van der Waals surface area contributed by atoms with E-state index in [0.717, 1.165) is 24.0 Å². The highest BCUT2D eigenvalue weighted by Gasteiger charge is 2.33. The summed E-state index contributed by atoms with van der Waals surface area (Å²) in [6.45, 7) is 4.18. The molecule has 4 aromatic rings. The molecule has 3 amide bonds. The second-order valence-electron chi connectivity index (χ2n) is 13.0. The standard InChI is InChI=1S/C39H38Cl3N3O5/c1-39(2)18-17-31(28-13-6-7-14-29(28)39)45-38(49)43-22-26(37(48)50-23-24-9-4-3-5-10-24)21-33(46)35-30(41)15-16-32(36(35)42)44-34(47)20-25-11-8-12-27(40)19-25/h3-16,19,26,31H,17-18,20-23H2,1-2H3,(H,44,47)(H2,43,45,49)/t26-,31?/m0/s1. The van der Waals surface area contributed by atoms with E-state index in [1.54, 1.807) is 24.3 Å². The average molecular weight is 735 g/mol. The molecule has 3 N–H and O–H groups in total. The molecule has 260 valence electrons. The van der Waals surface area contributed by atoms with Gasteiger partial charge >= 0.3 is 12.0 Å². The highest BCUT2D eigenvalue weighted by Crippen LogP contribution is 2.41. The van der Waals surface area contributed by atoms with Crippen LogP contribution in [0.25, 0.3) is 0 Å². The quantitative estimate of drug-likeness (QED) is 0.0995. The Balaban J connectivity index is 1.29. The fourth-order valence-electron chi connectivity index (χ4n) is 6.13. The normalized spacial score (nSPS) is 15.3. The molecular formula is C39H38Cl3N3O5. The summed E-state index contributed by atoms with van der Waals surface area (Å²) < 4.78 is 5.59. The van der Waals surface area contributed by atoms with E-state index in [2.05, 4.69) is 35.9 Å². The van der Waals surface area contributed by atoms with Crippen LogP contribution >= 0.6 is 34.8 Å². The summed E-state index contributed by atoms with van der Waals surface area (Å²) in [7, 11) is 0. The molecule has 1 aliphatic carbocycles. The molecule has 0 aliphatic heterocycles. The lowest BCUT2D eigenvalue weighted by Gasteiger charge is -2.37. The van der Waals surface area contributed by atoms with Crippen molar-refractivity contribution in [1.29, 1.82) is 0 Å². The number of anilines is 1. The SMILES string of the molecule is CC1(C)CCC(NC(=O)NC[C@H](CC(=O)c2c(Cl)ccc(NC(=O)Cc3cccc(Cl)c3)c2Cl)C(=O)OCc2ccccc2)c2ccccc21. The molecule has 50 heavy (non-hydrogen) atoms. The maximum Gasteiger partial charge on any atom is 0.315 e. The van der Waals surface area contributed by atoms with Gasteiger partial charge in [0.15, 0.2) is 5.78 Å². The molecule has 2 atom stereocenters. The number of fused-ring (bicyclic) bond motifs is 1. The molecule has 0 aromatic heterocycles. The molecule has 0 saturated carbocycles. The molecule has 5 rings (SSSR count). The number of ether oxygens (including phenoxy) is 1. The fraction of sp³-hybridized carbons (Fsp3) is 0.282. The zero-order chi connectivity index (χ0) is 35.8. The molecule has 4 aromatic carbocycles. The lowest BCUT2D eigenvalue weighted by atomic mass is 9.71. The number of hydrogen-bond donors (Lipinski definition) is 3. The Morgan fingerprint density at radius 1 is 0.880 bits per heavy atom. The molecule has 8 nitrogen and oxygen atoms in total. The zero-order valence-corrected chi connectivity index (χ0v) is 30.0. The van der Waals surface area contributed by atoms with Crippen LogP contribution in [-0.2, 0) is 32.8 Å². The van der Waals surface area contributed by atoms with E-state index in [-0.39, 0.29) is 64.7 Å². The van der Waals surface area contributed by atoms with Crippen molar-refractivity contribution in [2.24, 2.45) is 5.92 Å². The van der Waals surface area contributed by atoms with Crippen LogP contribution in [0.3, 0.4) is 0 Å². The van der Waals surface area contributed by atoms with Crippen LogP contribution in [0.4, 0.5) is 10.5 Å². The van der Waals surface area contributed by atoms with Crippen LogP contribution in [0, 0.1) is 5.92 Å². The van der Waals surface area contributed by atoms with Crippen molar-refractivity contribution in [2.45, 2.75) is 57.6 Å². The van der Waals surface area contributed by atoms with Gasteiger partial charge in [-0.15, -0.1) is 0 Å². The molecule has 1 unspecified atom stereocenters. The van der Waals surface area contributed by atoms with E-state index in [9.17, 15) is 19.2 Å². The van der Waals surface area contributed by atoms with Gasteiger partial charge in [0.2, 0.25) is 5.91 Å². The number of rotatable bonds is 12. The van der Waals surface area contributed by atoms with E-state index in [1.807, 2.05) is 48.5 Å². The van der Waals surface area contributed by atoms with E-state index >= 15 is 0 Å². The monoisotopic (exact) mass is 733 g/mol. The third kappa shape index (κ3) is 9.44. The van der Waals surface area contributed by atoms with Gasteiger partial charge in [0.25, 0.3) is 0 Å². The molecule has 0 bridgehead atoms. The second kappa shape index (κ2) is 16.6. The zero-order valence-electron chi connectivity index (χ0n) is 27.7. The predicted molar refractivity (Wildman–Crippen MR) is 197 cm³/mol. The number of ketones is 1. The molecule has 0 saturated heterocycles. The summed E-state index contributed by atoms with van der Waals surface area (Å²) in [4.78, 5) is 53.2. The summed E-state index contributed by atoms with van der Waals surface area (Å²) in [5, 5.41) is 9.02. The van der Waals surface area contributed by atoms with Crippen LogP contribution in [0.1, 0.15) is 71.8 Å². The Morgan fingerprint density at radius 3 is 2.36 bits per heavy atom. The summed E-state index contributed by atoms with van der Waals surface area (Å²) in [5.41, 5.74) is 3.81. The third-order valence-corrected chi connectivity index (χ3v) is 9.77. The van der Waals surface area contributed by atoms with Gasteiger partial charge < -0.3 is 20.7 Å². The van der Waals surface area contributed by atoms with Gasteiger partial charge in [0.1, 0.15) is 6.61 Å². The van der Waals surface area contributed by atoms with Crippen molar-refractivity contribution in [3.63, 3.8) is 0 Å². The Hall–Kier alpha value is -4.37. The summed E-state index contributed by atoms with van der Waals surface area (Å²) >= 11 is 19.1. The number of benzene rings is 4. The number of carbonyl (C=O) groups excluding carboxylic acids is 4. The van der Waals surface area contributed by atoms with Crippen LogP contribution in [-0.4, -0.2) is 30.2 Å². The summed E-state index contributed by atoms with van der Waals surface area (Å²) in [6, 6.07) is 26.3. The minimum atomic E-state index is -1.07. The van der Waals surface area contributed by atoms with Gasteiger partial charge in [-0.25, -0.2) is 4.79 Å². The first-order chi connectivity index (χ1) is 23.9. The topological polar surface area (TPSA) is 114 Å². The Labute approximate surface area is 306 Å². The molecule has 11 heteroatoms. The van der Waals surface area contributed by atoms with E-state index in [1.165, 1.54) is 17.7 Å². The molecular weight excluding hydrogens is 697 g/mol. The molecule has 1 aliphatic rings. The number of nitrogens with one attached hydrogen (secondary N) is 3. The average Bonchev–Trinajstić information content (AvgIpc) is 3.08. The molecule has 0 heterocycles. The minimum Gasteiger partial charge on any atom is -0.461 e. The van der Waals surface area contributed by atoms with Crippen molar-refractivity contribution in [3.8, 4) is 0 Å². The van der Waals surface area contributed by atoms with Gasteiger partial charge in [-0.3, -0.25) is 14.4 Å². The number of carbonyl (C=O) groups is 4. The van der Waals surface area contributed by atoms with Gasteiger partial charge in [0.05, 0.1) is 39.7 Å². The number of urea groups is 1. The lowest BCUT2D eigenvalue weighted by molar-refractivity contribution is -0.149. The minimum absolute atomic E-state index is 0.0130. The van der Waals surface area contributed by atoms with Crippen molar-refractivity contribution in [3.05, 3.63) is 134 Å². The highest BCUT2D eigenvalue weighted by molar-refractivity contribution is 6.41. The first-order valence-corrected chi connectivity index (χ1v) is 17.4. The van der Waals surface area contributed by atoms with Gasteiger partial charge in [-0.2, -0.15) is 0 Å². The van der Waals surface area contributed by atoms with Crippen molar-refractivity contribution < 1.29 is 23.9 Å².